The quantitative estimate of drug-likeness (QED) is 0.720. The van der Waals surface area contributed by atoms with Crippen LogP contribution in [0.5, 0.6) is 0 Å². The highest BCUT2D eigenvalue weighted by atomic mass is 19.1. The Balaban J connectivity index is 2.60. The third-order valence-corrected chi connectivity index (χ3v) is 2.28. The average molecular weight is 201 g/mol. The summed E-state index contributed by atoms with van der Waals surface area (Å²) in [5.74, 6) is -0.190. The van der Waals surface area contributed by atoms with E-state index in [9.17, 15) is 4.39 Å². The molecule has 0 unspecified atom stereocenters. The molecule has 0 atom stereocenters. The molecule has 2 aromatic rings. The third-order valence-electron chi connectivity index (χ3n) is 2.28. The predicted molar refractivity (Wildman–Crippen MR) is 61.0 cm³/mol. The second-order valence-corrected chi connectivity index (χ2v) is 3.35. The molecule has 15 heavy (non-hydrogen) atoms. The number of allylic oxidation sites excluding steroid dienone is 1. The van der Waals surface area contributed by atoms with E-state index in [4.69, 9.17) is 0 Å². The number of benzene rings is 1. The Kier molecular flexibility index (Phi) is 2.77. The van der Waals surface area contributed by atoms with Crippen molar-refractivity contribution in [2.24, 2.45) is 0 Å². The van der Waals surface area contributed by atoms with Crippen LogP contribution in [0.2, 0.25) is 0 Å². The van der Waals surface area contributed by atoms with Gasteiger partial charge in [-0.15, -0.1) is 0 Å². The molecule has 0 aliphatic carbocycles. The molecule has 0 bridgehead atoms. The lowest BCUT2D eigenvalue weighted by atomic mass is 10.1. The third kappa shape index (κ3) is 1.89. The lowest BCUT2D eigenvalue weighted by molar-refractivity contribution is 0.637. The van der Waals surface area contributed by atoms with Gasteiger partial charge in [0.15, 0.2) is 0 Å². The minimum absolute atomic E-state index is 0.190. The summed E-state index contributed by atoms with van der Waals surface area (Å²) >= 11 is 0. The van der Waals surface area contributed by atoms with Gasteiger partial charge in [-0.05, 0) is 30.7 Å². The summed E-state index contributed by atoms with van der Waals surface area (Å²) in [6.07, 6.45) is 6.33. The first kappa shape index (κ1) is 9.84. The summed E-state index contributed by atoms with van der Waals surface area (Å²) in [5.41, 5.74) is 1.32. The summed E-state index contributed by atoms with van der Waals surface area (Å²) in [6.45, 7) is 2.02. The molecule has 0 spiro atoms. The zero-order valence-electron chi connectivity index (χ0n) is 8.57. The first-order valence-electron chi connectivity index (χ1n) is 5.02. The van der Waals surface area contributed by atoms with Crippen LogP contribution in [0.15, 0.2) is 36.5 Å². The minimum atomic E-state index is -0.190. The highest BCUT2D eigenvalue weighted by Gasteiger charge is 2.04. The summed E-state index contributed by atoms with van der Waals surface area (Å²) in [7, 11) is 0. The Morgan fingerprint density at radius 3 is 3.00 bits per heavy atom. The van der Waals surface area contributed by atoms with E-state index in [1.807, 2.05) is 25.1 Å². The van der Waals surface area contributed by atoms with Gasteiger partial charge in [-0.2, -0.15) is 0 Å². The van der Waals surface area contributed by atoms with Gasteiger partial charge < -0.3 is 0 Å². The van der Waals surface area contributed by atoms with E-state index < -0.39 is 0 Å². The molecular formula is C13H12FN. The van der Waals surface area contributed by atoms with Crippen LogP contribution in [0.3, 0.4) is 0 Å². The van der Waals surface area contributed by atoms with Crippen LogP contribution in [-0.4, -0.2) is 4.98 Å². The Labute approximate surface area is 88.3 Å². The lowest BCUT2D eigenvalue weighted by Gasteiger charge is -2.01. The van der Waals surface area contributed by atoms with Gasteiger partial charge in [-0.1, -0.05) is 19.1 Å². The summed E-state index contributed by atoms with van der Waals surface area (Å²) in [5, 5.41) is 0.579. The molecule has 1 heterocycles. The van der Waals surface area contributed by atoms with Crippen molar-refractivity contribution in [1.29, 1.82) is 0 Å². The van der Waals surface area contributed by atoms with Gasteiger partial charge in [-0.25, -0.2) is 4.39 Å². The molecule has 0 aliphatic rings. The Bertz CT molecular complexity index is 503. The second kappa shape index (κ2) is 4.22. The molecule has 76 valence electrons. The number of nitrogens with zero attached hydrogens (tertiary/aromatic N) is 1. The fourth-order valence-corrected chi connectivity index (χ4v) is 1.51. The number of hydrogen-bond acceptors (Lipinski definition) is 1. The van der Waals surface area contributed by atoms with Gasteiger partial charge in [0.25, 0.3) is 0 Å². The zero-order chi connectivity index (χ0) is 10.7. The maximum absolute atomic E-state index is 13.9. The van der Waals surface area contributed by atoms with Gasteiger partial charge >= 0.3 is 0 Å². The number of hydrogen-bond donors (Lipinski definition) is 0. The molecule has 1 nitrogen and oxygen atoms in total. The fraction of sp³-hybridized carbons (Fsp3) is 0.154. The van der Waals surface area contributed by atoms with E-state index in [0.717, 1.165) is 6.42 Å². The van der Waals surface area contributed by atoms with Gasteiger partial charge in [0.2, 0.25) is 0 Å². The highest BCUT2D eigenvalue weighted by molar-refractivity contribution is 5.81. The van der Waals surface area contributed by atoms with Crippen LogP contribution in [0.4, 0.5) is 4.39 Å². The van der Waals surface area contributed by atoms with Crippen LogP contribution < -0.4 is 0 Å². The maximum atomic E-state index is 13.9. The van der Waals surface area contributed by atoms with Crippen molar-refractivity contribution in [2.45, 2.75) is 13.3 Å². The van der Waals surface area contributed by atoms with Crippen molar-refractivity contribution in [2.75, 3.05) is 0 Å². The van der Waals surface area contributed by atoms with Crippen LogP contribution in [-0.2, 0) is 0 Å². The van der Waals surface area contributed by atoms with Crippen LogP contribution >= 0.6 is 0 Å². The number of fused-ring (bicyclic) bond motifs is 1. The second-order valence-electron chi connectivity index (χ2n) is 3.35. The van der Waals surface area contributed by atoms with Gasteiger partial charge in [-0.3, -0.25) is 4.98 Å². The highest BCUT2D eigenvalue weighted by Crippen LogP contribution is 2.20. The Hall–Kier alpha value is -1.70. The van der Waals surface area contributed by atoms with Crippen molar-refractivity contribution in [3.05, 3.63) is 47.9 Å². The fourth-order valence-electron chi connectivity index (χ4n) is 1.51. The van der Waals surface area contributed by atoms with E-state index in [-0.39, 0.29) is 5.82 Å². The molecule has 0 amide bonds. The number of halogens is 1. The maximum Gasteiger partial charge on any atom is 0.139 e. The van der Waals surface area contributed by atoms with E-state index in [1.54, 1.807) is 24.4 Å². The van der Waals surface area contributed by atoms with Crippen LogP contribution in [0.25, 0.3) is 17.0 Å². The largest absolute Gasteiger partial charge is 0.256 e. The van der Waals surface area contributed by atoms with Crippen molar-refractivity contribution < 1.29 is 4.39 Å². The standard InChI is InChI=1S/C13H12FN/c1-2-3-5-10-7-8-12-11(13(10)14)6-4-9-15-12/h3-9H,2H2,1H3/b5-3+. The van der Waals surface area contributed by atoms with Crippen molar-refractivity contribution >= 4 is 17.0 Å². The molecule has 1 aromatic carbocycles. The van der Waals surface area contributed by atoms with E-state index in [0.29, 0.717) is 16.5 Å². The first-order chi connectivity index (χ1) is 7.33. The molecular weight excluding hydrogens is 189 g/mol. The number of pyridine rings is 1. The summed E-state index contributed by atoms with van der Waals surface area (Å²) in [4.78, 5) is 4.10. The summed E-state index contributed by atoms with van der Waals surface area (Å²) < 4.78 is 13.9. The zero-order valence-corrected chi connectivity index (χ0v) is 8.57. The molecule has 0 saturated heterocycles. The summed E-state index contributed by atoms with van der Waals surface area (Å²) in [6, 6.07) is 7.10. The Morgan fingerprint density at radius 1 is 1.33 bits per heavy atom. The molecule has 2 heteroatoms. The van der Waals surface area contributed by atoms with Crippen LogP contribution in [0.1, 0.15) is 18.9 Å². The van der Waals surface area contributed by atoms with Crippen LogP contribution in [0, 0.1) is 5.82 Å². The van der Waals surface area contributed by atoms with Gasteiger partial charge in [0.05, 0.1) is 5.52 Å². The van der Waals surface area contributed by atoms with E-state index >= 15 is 0 Å². The smallest absolute Gasteiger partial charge is 0.139 e. The molecule has 1 aromatic heterocycles. The lowest BCUT2D eigenvalue weighted by Crippen LogP contribution is -1.86. The average Bonchev–Trinajstić information content (AvgIpc) is 2.29. The number of rotatable bonds is 2. The number of aromatic nitrogens is 1. The topological polar surface area (TPSA) is 12.9 Å². The van der Waals surface area contributed by atoms with E-state index in [2.05, 4.69) is 4.98 Å². The molecule has 2 rings (SSSR count). The minimum Gasteiger partial charge on any atom is -0.256 e. The molecule has 0 aliphatic heterocycles. The molecule has 0 N–H and O–H groups in total. The Morgan fingerprint density at radius 2 is 2.20 bits per heavy atom. The SMILES string of the molecule is CC/C=C/c1ccc2ncccc2c1F. The monoisotopic (exact) mass is 201 g/mol. The van der Waals surface area contributed by atoms with Crippen molar-refractivity contribution in [3.63, 3.8) is 0 Å². The van der Waals surface area contributed by atoms with Crippen molar-refractivity contribution in [1.82, 2.24) is 4.98 Å². The van der Waals surface area contributed by atoms with Gasteiger partial charge in [0.1, 0.15) is 5.82 Å². The molecule has 0 saturated carbocycles. The first-order valence-corrected chi connectivity index (χ1v) is 5.02. The molecule has 0 fully saturated rings. The normalized spacial score (nSPS) is 11.3. The predicted octanol–water partition coefficient (Wildman–Crippen LogP) is 3.80. The van der Waals surface area contributed by atoms with Gasteiger partial charge in [0, 0.05) is 17.1 Å². The molecule has 0 radical (unpaired) electrons. The van der Waals surface area contributed by atoms with E-state index in [1.165, 1.54) is 0 Å². The van der Waals surface area contributed by atoms with Crippen molar-refractivity contribution in [3.8, 4) is 0 Å².